The molecule has 0 N–H and O–H groups in total. The second kappa shape index (κ2) is 5.56. The van der Waals surface area contributed by atoms with Crippen LogP contribution in [0.5, 0.6) is 0 Å². The van der Waals surface area contributed by atoms with Crippen molar-refractivity contribution in [1.29, 1.82) is 0 Å². The maximum Gasteiger partial charge on any atom is 0.287 e. The van der Waals surface area contributed by atoms with Crippen molar-refractivity contribution in [3.8, 4) is 0 Å². The van der Waals surface area contributed by atoms with E-state index in [1.54, 1.807) is 24.3 Å². The first-order chi connectivity index (χ1) is 8.66. The zero-order chi connectivity index (χ0) is 14.3. The lowest BCUT2D eigenvalue weighted by atomic mass is 10.2. The first-order valence-corrected chi connectivity index (χ1v) is 8.26. The van der Waals surface area contributed by atoms with E-state index in [1.807, 2.05) is 0 Å². The highest BCUT2D eigenvalue weighted by Gasteiger charge is 2.42. The molecule has 0 saturated carbocycles. The summed E-state index contributed by atoms with van der Waals surface area (Å²) in [7, 11) is -3.92. The number of hydrogen-bond acceptors (Lipinski definition) is 4. The lowest BCUT2D eigenvalue weighted by molar-refractivity contribution is 0.0618. The zero-order valence-electron chi connectivity index (χ0n) is 9.39. The summed E-state index contributed by atoms with van der Waals surface area (Å²) in [5, 5.41) is 1.91. The Bertz CT molecular complexity index is 555. The van der Waals surface area contributed by atoms with Gasteiger partial charge in [-0.1, -0.05) is 58.5 Å². The Kier molecular flexibility index (Phi) is 4.58. The summed E-state index contributed by atoms with van der Waals surface area (Å²) in [4.78, 5) is 0. The zero-order valence-corrected chi connectivity index (χ0v) is 13.2. The van der Waals surface area contributed by atoms with E-state index in [-0.39, 0.29) is 6.04 Å². The Morgan fingerprint density at radius 3 is 2.37 bits per heavy atom. The third-order valence-corrected chi connectivity index (χ3v) is 4.70. The first-order valence-electron chi connectivity index (χ1n) is 5.17. The largest absolute Gasteiger partial charge is 0.287 e. The molecule has 1 fully saturated rings. The molecule has 0 aliphatic carbocycles. The van der Waals surface area contributed by atoms with E-state index < -0.39 is 19.7 Å². The Balaban J connectivity index is 1.95. The fourth-order valence-corrected chi connectivity index (χ4v) is 3.77. The van der Waals surface area contributed by atoms with Crippen molar-refractivity contribution in [3.63, 3.8) is 0 Å². The summed E-state index contributed by atoms with van der Waals surface area (Å²) in [5.74, 6) is -0.700. The predicted octanol–water partition coefficient (Wildman–Crippen LogP) is 3.33. The van der Waals surface area contributed by atoms with Gasteiger partial charge in [0.05, 0.1) is 6.04 Å². The van der Waals surface area contributed by atoms with Crippen molar-refractivity contribution in [2.75, 3.05) is 12.3 Å². The second-order valence-corrected chi connectivity index (χ2v) is 8.56. The number of rotatable bonds is 4. The van der Waals surface area contributed by atoms with E-state index in [2.05, 4.69) is 0 Å². The molecular formula is C10H9Cl4NO3S. The van der Waals surface area contributed by atoms with Gasteiger partial charge >= 0.3 is 0 Å². The molecule has 1 saturated heterocycles. The molecule has 4 nitrogen and oxygen atoms in total. The number of benzene rings is 1. The van der Waals surface area contributed by atoms with Crippen LogP contribution in [0.4, 0.5) is 0 Å². The van der Waals surface area contributed by atoms with Crippen LogP contribution in [0.2, 0.25) is 5.02 Å². The van der Waals surface area contributed by atoms with E-state index in [9.17, 15) is 8.42 Å². The van der Waals surface area contributed by atoms with Crippen LogP contribution in [0.3, 0.4) is 0 Å². The summed E-state index contributed by atoms with van der Waals surface area (Å²) in [6, 6.07) is 6.94. The van der Waals surface area contributed by atoms with E-state index in [0.717, 1.165) is 5.56 Å². The van der Waals surface area contributed by atoms with Crippen molar-refractivity contribution in [1.82, 2.24) is 5.06 Å². The van der Waals surface area contributed by atoms with Crippen molar-refractivity contribution < 1.29 is 12.7 Å². The number of nitrogens with zero attached hydrogens (tertiary/aromatic N) is 1. The van der Waals surface area contributed by atoms with Crippen LogP contribution >= 0.6 is 46.4 Å². The molecule has 1 aromatic rings. The van der Waals surface area contributed by atoms with Gasteiger partial charge in [0, 0.05) is 11.6 Å². The SMILES string of the molecule is O=S(=O)(CC(Cl)(Cl)Cl)ON1CC1c1ccc(Cl)cc1. The highest BCUT2D eigenvalue weighted by atomic mass is 35.6. The summed E-state index contributed by atoms with van der Waals surface area (Å²) < 4.78 is 26.1. The molecule has 0 aromatic heterocycles. The van der Waals surface area contributed by atoms with E-state index in [4.69, 9.17) is 50.7 Å². The maximum atomic E-state index is 11.6. The minimum atomic E-state index is -3.92. The maximum absolute atomic E-state index is 11.6. The molecule has 106 valence electrons. The second-order valence-electron chi connectivity index (χ2n) is 4.06. The minimum Gasteiger partial charge on any atom is -0.198 e. The highest BCUT2D eigenvalue weighted by Crippen LogP contribution is 2.37. The topological polar surface area (TPSA) is 46.4 Å². The average molecular weight is 365 g/mol. The Labute approximate surface area is 131 Å². The average Bonchev–Trinajstić information content (AvgIpc) is 2.93. The number of halogens is 4. The fraction of sp³-hybridized carbons (Fsp3) is 0.400. The van der Waals surface area contributed by atoms with E-state index >= 15 is 0 Å². The van der Waals surface area contributed by atoms with Crippen molar-refractivity contribution in [2.45, 2.75) is 9.83 Å². The van der Waals surface area contributed by atoms with Gasteiger partial charge in [-0.05, 0) is 17.7 Å². The molecule has 9 heteroatoms. The number of hydrogen-bond donors (Lipinski definition) is 0. The number of alkyl halides is 3. The van der Waals surface area contributed by atoms with Gasteiger partial charge in [-0.25, -0.2) is 0 Å². The fourth-order valence-electron chi connectivity index (χ4n) is 1.53. The van der Waals surface area contributed by atoms with Crippen LogP contribution in [-0.2, 0) is 14.4 Å². The van der Waals surface area contributed by atoms with Crippen LogP contribution < -0.4 is 0 Å². The molecule has 0 amide bonds. The molecule has 0 spiro atoms. The summed E-state index contributed by atoms with van der Waals surface area (Å²) >= 11 is 22.1. The molecule has 2 atom stereocenters. The lowest BCUT2D eigenvalue weighted by Crippen LogP contribution is -2.23. The standard InChI is InChI=1S/C10H9Cl4NO3S/c11-8-3-1-7(2-4-8)9-5-15(9)18-19(16,17)6-10(12,13)14/h1-4,9H,5-6H2. The van der Waals surface area contributed by atoms with Gasteiger partial charge in [0.15, 0.2) is 0 Å². The molecule has 0 bridgehead atoms. The molecule has 1 aliphatic rings. The highest BCUT2D eigenvalue weighted by molar-refractivity contribution is 7.87. The van der Waals surface area contributed by atoms with Crippen LogP contribution in [0, 0.1) is 0 Å². The third-order valence-electron chi connectivity index (χ3n) is 2.37. The molecule has 1 heterocycles. The molecule has 2 rings (SSSR count). The van der Waals surface area contributed by atoms with E-state index in [1.165, 1.54) is 5.06 Å². The molecule has 0 radical (unpaired) electrons. The lowest BCUT2D eigenvalue weighted by Gasteiger charge is -2.11. The van der Waals surface area contributed by atoms with Gasteiger partial charge in [0.2, 0.25) is 3.79 Å². The van der Waals surface area contributed by atoms with Gasteiger partial charge in [-0.15, -0.1) is 0 Å². The van der Waals surface area contributed by atoms with Gasteiger partial charge < -0.3 is 0 Å². The number of hydroxylamine groups is 2. The summed E-state index contributed by atoms with van der Waals surface area (Å²) in [6.07, 6.45) is 0. The van der Waals surface area contributed by atoms with Crippen molar-refractivity contribution in [2.24, 2.45) is 0 Å². The van der Waals surface area contributed by atoms with Crippen molar-refractivity contribution in [3.05, 3.63) is 34.9 Å². The van der Waals surface area contributed by atoms with Crippen LogP contribution in [0.15, 0.2) is 24.3 Å². The van der Waals surface area contributed by atoms with E-state index in [0.29, 0.717) is 11.6 Å². The predicted molar refractivity (Wildman–Crippen MR) is 76.1 cm³/mol. The normalized spacial score (nSPS) is 23.4. The molecule has 1 aromatic carbocycles. The molecular weight excluding hydrogens is 356 g/mol. The molecule has 1 aliphatic heterocycles. The van der Waals surface area contributed by atoms with Gasteiger partial charge in [-0.2, -0.15) is 17.8 Å². The first kappa shape index (κ1) is 15.6. The van der Waals surface area contributed by atoms with Gasteiger partial charge in [0.1, 0.15) is 5.75 Å². The Morgan fingerprint density at radius 1 is 1.26 bits per heavy atom. The quantitative estimate of drug-likeness (QED) is 0.607. The monoisotopic (exact) mass is 363 g/mol. The van der Waals surface area contributed by atoms with Crippen LogP contribution in [0.1, 0.15) is 11.6 Å². The summed E-state index contributed by atoms with van der Waals surface area (Å²) in [6.45, 7) is 0.459. The molecule has 2 unspecified atom stereocenters. The van der Waals surface area contributed by atoms with Gasteiger partial charge in [0.25, 0.3) is 10.1 Å². The summed E-state index contributed by atoms with van der Waals surface area (Å²) in [5.41, 5.74) is 0.911. The van der Waals surface area contributed by atoms with Crippen LogP contribution in [0.25, 0.3) is 0 Å². The molecule has 19 heavy (non-hydrogen) atoms. The van der Waals surface area contributed by atoms with Crippen molar-refractivity contribution >= 4 is 56.5 Å². The Morgan fingerprint density at radius 2 is 1.84 bits per heavy atom. The third kappa shape index (κ3) is 4.93. The Hall–Kier alpha value is 0.250. The smallest absolute Gasteiger partial charge is 0.198 e. The van der Waals surface area contributed by atoms with Crippen LogP contribution in [-0.4, -0.2) is 29.6 Å². The minimum absolute atomic E-state index is 0.123. The van der Waals surface area contributed by atoms with Gasteiger partial charge in [-0.3, -0.25) is 0 Å².